The standard InChI is InChI=1S/C12H12N4OS/c1-17-10-4-2-3-9(7-10)15-12(18)16-11-8-13-5-6-14-11/h2-8H,1H3,(H2,14,15,16,18). The molecule has 0 fully saturated rings. The van der Waals surface area contributed by atoms with E-state index in [1.807, 2.05) is 24.3 Å². The van der Waals surface area contributed by atoms with Gasteiger partial charge >= 0.3 is 0 Å². The number of hydrogen-bond acceptors (Lipinski definition) is 4. The van der Waals surface area contributed by atoms with E-state index in [2.05, 4.69) is 20.6 Å². The SMILES string of the molecule is COc1cccc(NC(=S)Nc2cnccn2)c1. The van der Waals surface area contributed by atoms with Crippen molar-refractivity contribution in [3.63, 3.8) is 0 Å². The Kier molecular flexibility index (Phi) is 4.03. The number of aromatic nitrogens is 2. The molecule has 2 aromatic rings. The fourth-order valence-electron chi connectivity index (χ4n) is 1.34. The molecule has 92 valence electrons. The first-order valence-corrected chi connectivity index (χ1v) is 5.67. The minimum absolute atomic E-state index is 0.448. The first-order valence-electron chi connectivity index (χ1n) is 5.26. The van der Waals surface area contributed by atoms with Crippen molar-refractivity contribution in [3.05, 3.63) is 42.9 Å². The normalized spacial score (nSPS) is 9.61. The van der Waals surface area contributed by atoms with Crippen molar-refractivity contribution in [2.75, 3.05) is 17.7 Å². The molecule has 2 rings (SSSR count). The molecule has 0 radical (unpaired) electrons. The highest BCUT2D eigenvalue weighted by molar-refractivity contribution is 7.80. The third-order valence-electron chi connectivity index (χ3n) is 2.13. The molecule has 2 N–H and O–H groups in total. The zero-order chi connectivity index (χ0) is 12.8. The van der Waals surface area contributed by atoms with Gasteiger partial charge in [-0.15, -0.1) is 0 Å². The quantitative estimate of drug-likeness (QED) is 0.826. The molecule has 0 unspecified atom stereocenters. The summed E-state index contributed by atoms with van der Waals surface area (Å²) >= 11 is 5.17. The summed E-state index contributed by atoms with van der Waals surface area (Å²) in [5.74, 6) is 1.36. The van der Waals surface area contributed by atoms with Crippen LogP contribution in [0.15, 0.2) is 42.9 Å². The molecule has 6 heteroatoms. The van der Waals surface area contributed by atoms with Crippen LogP contribution in [0.3, 0.4) is 0 Å². The molecule has 0 aliphatic heterocycles. The maximum absolute atomic E-state index is 5.17. The molecule has 0 atom stereocenters. The van der Waals surface area contributed by atoms with Crippen molar-refractivity contribution in [2.45, 2.75) is 0 Å². The molecule has 0 saturated heterocycles. The van der Waals surface area contributed by atoms with Gasteiger partial charge in [0.05, 0.1) is 13.3 Å². The molecule has 0 aliphatic rings. The highest BCUT2D eigenvalue weighted by atomic mass is 32.1. The Morgan fingerprint density at radius 1 is 1.28 bits per heavy atom. The Morgan fingerprint density at radius 3 is 2.89 bits per heavy atom. The second-order valence-corrected chi connectivity index (χ2v) is 3.81. The fourth-order valence-corrected chi connectivity index (χ4v) is 1.57. The van der Waals surface area contributed by atoms with Gasteiger partial charge in [-0.1, -0.05) is 6.07 Å². The van der Waals surface area contributed by atoms with Crippen molar-refractivity contribution in [3.8, 4) is 5.75 Å². The molecule has 0 amide bonds. The Labute approximate surface area is 110 Å². The summed E-state index contributed by atoms with van der Waals surface area (Å²) in [5.41, 5.74) is 0.843. The van der Waals surface area contributed by atoms with Gasteiger partial charge in [-0.05, 0) is 24.4 Å². The van der Waals surface area contributed by atoms with E-state index in [4.69, 9.17) is 17.0 Å². The van der Waals surface area contributed by atoms with Crippen LogP contribution >= 0.6 is 12.2 Å². The zero-order valence-corrected chi connectivity index (χ0v) is 10.6. The van der Waals surface area contributed by atoms with E-state index in [0.29, 0.717) is 10.9 Å². The Hall–Kier alpha value is -2.21. The van der Waals surface area contributed by atoms with E-state index in [0.717, 1.165) is 11.4 Å². The first-order chi connectivity index (χ1) is 8.78. The molecular weight excluding hydrogens is 248 g/mol. The average Bonchev–Trinajstić information content (AvgIpc) is 2.40. The summed E-state index contributed by atoms with van der Waals surface area (Å²) in [6.07, 6.45) is 4.79. The molecule has 0 spiro atoms. The van der Waals surface area contributed by atoms with Crippen molar-refractivity contribution in [2.24, 2.45) is 0 Å². The number of rotatable bonds is 3. The number of nitrogens with one attached hydrogen (secondary N) is 2. The lowest BCUT2D eigenvalue weighted by atomic mass is 10.3. The Balaban J connectivity index is 1.99. The van der Waals surface area contributed by atoms with Crippen LogP contribution in [0.4, 0.5) is 11.5 Å². The summed E-state index contributed by atoms with van der Waals surface area (Å²) in [6, 6.07) is 7.49. The molecule has 0 bridgehead atoms. The van der Waals surface area contributed by atoms with E-state index >= 15 is 0 Å². The van der Waals surface area contributed by atoms with Crippen LogP contribution < -0.4 is 15.4 Å². The van der Waals surface area contributed by atoms with Crippen LogP contribution in [-0.4, -0.2) is 22.2 Å². The van der Waals surface area contributed by atoms with Gasteiger partial charge in [0.15, 0.2) is 10.9 Å². The van der Waals surface area contributed by atoms with E-state index in [1.54, 1.807) is 25.7 Å². The molecule has 0 aliphatic carbocycles. The van der Waals surface area contributed by atoms with Crippen LogP contribution in [0.1, 0.15) is 0 Å². The van der Waals surface area contributed by atoms with Crippen LogP contribution in [0.2, 0.25) is 0 Å². The minimum Gasteiger partial charge on any atom is -0.497 e. The lowest BCUT2D eigenvalue weighted by molar-refractivity contribution is 0.415. The monoisotopic (exact) mass is 260 g/mol. The number of methoxy groups -OCH3 is 1. The van der Waals surface area contributed by atoms with Gasteiger partial charge in [0.1, 0.15) is 5.75 Å². The maximum Gasteiger partial charge on any atom is 0.176 e. The number of anilines is 2. The largest absolute Gasteiger partial charge is 0.497 e. The lowest BCUT2D eigenvalue weighted by Crippen LogP contribution is -2.19. The summed E-state index contributed by atoms with van der Waals surface area (Å²) in [6.45, 7) is 0. The van der Waals surface area contributed by atoms with Crippen LogP contribution in [0.25, 0.3) is 0 Å². The molecule has 0 saturated carbocycles. The predicted molar refractivity (Wildman–Crippen MR) is 74.9 cm³/mol. The van der Waals surface area contributed by atoms with Gasteiger partial charge in [0.2, 0.25) is 0 Å². The van der Waals surface area contributed by atoms with Gasteiger partial charge < -0.3 is 15.4 Å². The van der Waals surface area contributed by atoms with Gasteiger partial charge in [-0.2, -0.15) is 0 Å². The van der Waals surface area contributed by atoms with E-state index in [1.165, 1.54) is 0 Å². The van der Waals surface area contributed by atoms with Gasteiger partial charge in [-0.25, -0.2) is 4.98 Å². The molecule has 1 heterocycles. The highest BCUT2D eigenvalue weighted by Crippen LogP contribution is 2.16. The van der Waals surface area contributed by atoms with Gasteiger partial charge in [-0.3, -0.25) is 4.98 Å². The van der Waals surface area contributed by atoms with Crippen LogP contribution in [-0.2, 0) is 0 Å². The summed E-state index contributed by atoms with van der Waals surface area (Å²) in [7, 11) is 1.62. The second-order valence-electron chi connectivity index (χ2n) is 3.40. The predicted octanol–water partition coefficient (Wildman–Crippen LogP) is 2.29. The maximum atomic E-state index is 5.17. The minimum atomic E-state index is 0.448. The molecular formula is C12H12N4OS. The van der Waals surface area contributed by atoms with Crippen molar-refractivity contribution >= 4 is 28.8 Å². The zero-order valence-electron chi connectivity index (χ0n) is 9.75. The smallest absolute Gasteiger partial charge is 0.176 e. The number of hydrogen-bond donors (Lipinski definition) is 2. The van der Waals surface area contributed by atoms with Gasteiger partial charge in [0, 0.05) is 24.1 Å². The Bertz CT molecular complexity index is 533. The summed E-state index contributed by atoms with van der Waals surface area (Å²) < 4.78 is 5.13. The number of nitrogens with zero attached hydrogens (tertiary/aromatic N) is 2. The number of thiocarbonyl (C=S) groups is 1. The second kappa shape index (κ2) is 5.92. The van der Waals surface area contributed by atoms with E-state index in [-0.39, 0.29) is 0 Å². The lowest BCUT2D eigenvalue weighted by Gasteiger charge is -2.10. The van der Waals surface area contributed by atoms with Crippen molar-refractivity contribution < 1.29 is 4.74 Å². The van der Waals surface area contributed by atoms with Crippen molar-refractivity contribution in [1.29, 1.82) is 0 Å². The first kappa shape index (κ1) is 12.3. The summed E-state index contributed by atoms with van der Waals surface area (Å²) in [4.78, 5) is 8.01. The topological polar surface area (TPSA) is 59.1 Å². The van der Waals surface area contributed by atoms with E-state index in [9.17, 15) is 0 Å². The third kappa shape index (κ3) is 3.39. The van der Waals surface area contributed by atoms with E-state index < -0.39 is 0 Å². The number of benzene rings is 1. The number of ether oxygens (including phenoxy) is 1. The molecule has 1 aromatic carbocycles. The Morgan fingerprint density at radius 2 is 2.17 bits per heavy atom. The van der Waals surface area contributed by atoms with Gasteiger partial charge in [0.25, 0.3) is 0 Å². The van der Waals surface area contributed by atoms with Crippen LogP contribution in [0.5, 0.6) is 5.75 Å². The van der Waals surface area contributed by atoms with Crippen molar-refractivity contribution in [1.82, 2.24) is 9.97 Å². The molecule has 18 heavy (non-hydrogen) atoms. The van der Waals surface area contributed by atoms with Crippen LogP contribution in [0, 0.1) is 0 Å². The third-order valence-corrected chi connectivity index (χ3v) is 2.34. The highest BCUT2D eigenvalue weighted by Gasteiger charge is 2.00. The molecule has 5 nitrogen and oxygen atoms in total. The fraction of sp³-hybridized carbons (Fsp3) is 0.0833. The molecule has 1 aromatic heterocycles. The summed E-state index contributed by atoms with van der Waals surface area (Å²) in [5, 5.41) is 6.42. The average molecular weight is 260 g/mol.